The van der Waals surface area contributed by atoms with E-state index in [9.17, 15) is 9.50 Å². The quantitative estimate of drug-likeness (QED) is 0.816. The molecule has 16 heavy (non-hydrogen) atoms. The molecule has 1 aromatic carbocycles. The van der Waals surface area contributed by atoms with Crippen LogP contribution in [-0.4, -0.2) is 29.2 Å². The molecule has 1 fully saturated rings. The SMILES string of the molecule is N#Cc1cc(F)ccc1CN1CCC(O)C1. The van der Waals surface area contributed by atoms with E-state index in [-0.39, 0.29) is 11.9 Å². The maximum atomic E-state index is 12.9. The average molecular weight is 220 g/mol. The molecule has 3 nitrogen and oxygen atoms in total. The second kappa shape index (κ2) is 4.60. The van der Waals surface area contributed by atoms with Crippen LogP contribution in [0.3, 0.4) is 0 Å². The molecule has 1 atom stereocenters. The van der Waals surface area contributed by atoms with Gasteiger partial charge in [0.1, 0.15) is 5.82 Å². The van der Waals surface area contributed by atoms with Crippen molar-refractivity contribution >= 4 is 0 Å². The molecule has 1 saturated heterocycles. The van der Waals surface area contributed by atoms with Crippen LogP contribution in [0.1, 0.15) is 17.5 Å². The minimum Gasteiger partial charge on any atom is -0.392 e. The Hall–Kier alpha value is -1.44. The Balaban J connectivity index is 2.12. The summed E-state index contributed by atoms with van der Waals surface area (Å²) in [7, 11) is 0. The van der Waals surface area contributed by atoms with Gasteiger partial charge in [0.05, 0.1) is 17.7 Å². The number of aliphatic hydroxyl groups excluding tert-OH is 1. The zero-order valence-electron chi connectivity index (χ0n) is 8.86. The molecule has 0 bridgehead atoms. The molecule has 1 aromatic rings. The summed E-state index contributed by atoms with van der Waals surface area (Å²) in [6.07, 6.45) is 0.495. The number of hydrogen-bond acceptors (Lipinski definition) is 3. The van der Waals surface area contributed by atoms with Gasteiger partial charge < -0.3 is 5.11 Å². The van der Waals surface area contributed by atoms with Gasteiger partial charge in [-0.05, 0) is 24.1 Å². The molecular formula is C12H13FN2O. The standard InChI is InChI=1S/C12H13FN2O/c13-11-2-1-9(10(5-11)6-14)7-15-4-3-12(16)8-15/h1-2,5,12,16H,3-4,7-8H2. The van der Waals surface area contributed by atoms with Crippen molar-refractivity contribution in [3.05, 3.63) is 35.1 Å². The van der Waals surface area contributed by atoms with Crippen molar-refractivity contribution < 1.29 is 9.50 Å². The number of aliphatic hydroxyl groups is 1. The molecule has 0 aliphatic carbocycles. The van der Waals surface area contributed by atoms with E-state index < -0.39 is 0 Å². The van der Waals surface area contributed by atoms with Crippen LogP contribution in [0.4, 0.5) is 4.39 Å². The summed E-state index contributed by atoms with van der Waals surface area (Å²) in [6, 6.07) is 6.25. The third kappa shape index (κ3) is 2.38. The third-order valence-electron chi connectivity index (χ3n) is 2.83. The highest BCUT2D eigenvalue weighted by molar-refractivity contribution is 5.37. The molecule has 1 heterocycles. The molecule has 0 aromatic heterocycles. The van der Waals surface area contributed by atoms with Gasteiger partial charge in [0.15, 0.2) is 0 Å². The Kier molecular flexibility index (Phi) is 3.18. The number of halogens is 1. The maximum absolute atomic E-state index is 12.9. The number of hydrogen-bond donors (Lipinski definition) is 1. The van der Waals surface area contributed by atoms with E-state index in [1.165, 1.54) is 12.1 Å². The largest absolute Gasteiger partial charge is 0.392 e. The zero-order valence-corrected chi connectivity index (χ0v) is 8.86. The Morgan fingerprint density at radius 3 is 3.00 bits per heavy atom. The number of nitriles is 1. The predicted octanol–water partition coefficient (Wildman–Crippen LogP) is 1.26. The number of likely N-dealkylation sites (tertiary alicyclic amines) is 1. The molecule has 4 heteroatoms. The minimum absolute atomic E-state index is 0.272. The van der Waals surface area contributed by atoms with Gasteiger partial charge >= 0.3 is 0 Å². The highest BCUT2D eigenvalue weighted by atomic mass is 19.1. The van der Waals surface area contributed by atoms with Crippen molar-refractivity contribution in [1.29, 1.82) is 5.26 Å². The lowest BCUT2D eigenvalue weighted by Gasteiger charge is -2.15. The van der Waals surface area contributed by atoms with Gasteiger partial charge in [0.2, 0.25) is 0 Å². The van der Waals surface area contributed by atoms with Crippen molar-refractivity contribution in [3.63, 3.8) is 0 Å². The van der Waals surface area contributed by atoms with Crippen molar-refractivity contribution in [2.24, 2.45) is 0 Å². The van der Waals surface area contributed by atoms with E-state index in [0.717, 1.165) is 18.5 Å². The topological polar surface area (TPSA) is 47.3 Å². The summed E-state index contributed by atoms with van der Waals surface area (Å²) in [4.78, 5) is 2.07. The fourth-order valence-electron chi connectivity index (χ4n) is 1.99. The first-order chi connectivity index (χ1) is 7.69. The fourth-order valence-corrected chi connectivity index (χ4v) is 1.99. The summed E-state index contributed by atoms with van der Waals surface area (Å²) in [6.45, 7) is 2.05. The Morgan fingerprint density at radius 2 is 2.38 bits per heavy atom. The van der Waals surface area contributed by atoms with Crippen molar-refractivity contribution in [2.45, 2.75) is 19.1 Å². The monoisotopic (exact) mass is 220 g/mol. The van der Waals surface area contributed by atoms with Crippen LogP contribution in [0.2, 0.25) is 0 Å². The van der Waals surface area contributed by atoms with Crippen molar-refractivity contribution in [2.75, 3.05) is 13.1 Å². The third-order valence-corrected chi connectivity index (χ3v) is 2.83. The second-order valence-corrected chi connectivity index (χ2v) is 4.09. The lowest BCUT2D eigenvalue weighted by molar-refractivity contribution is 0.174. The lowest BCUT2D eigenvalue weighted by Crippen LogP contribution is -2.22. The van der Waals surface area contributed by atoms with Crippen LogP contribution >= 0.6 is 0 Å². The van der Waals surface area contributed by atoms with Gasteiger partial charge in [0.25, 0.3) is 0 Å². The molecule has 1 aliphatic rings. The Labute approximate surface area is 93.7 Å². The van der Waals surface area contributed by atoms with E-state index in [1.54, 1.807) is 6.07 Å². The van der Waals surface area contributed by atoms with Crippen molar-refractivity contribution in [3.8, 4) is 6.07 Å². The molecule has 1 aliphatic heterocycles. The van der Waals surface area contributed by atoms with Crippen LogP contribution < -0.4 is 0 Å². The van der Waals surface area contributed by atoms with Crippen LogP contribution in [0.15, 0.2) is 18.2 Å². The fraction of sp³-hybridized carbons (Fsp3) is 0.417. The summed E-state index contributed by atoms with van der Waals surface area (Å²) in [5.74, 6) is -0.387. The maximum Gasteiger partial charge on any atom is 0.124 e. The molecule has 0 amide bonds. The van der Waals surface area contributed by atoms with Crippen LogP contribution in [-0.2, 0) is 6.54 Å². The van der Waals surface area contributed by atoms with Gasteiger partial charge in [-0.1, -0.05) is 6.07 Å². The summed E-state index contributed by atoms with van der Waals surface area (Å²) in [5, 5.41) is 18.3. The van der Waals surface area contributed by atoms with Crippen molar-refractivity contribution in [1.82, 2.24) is 4.90 Å². The van der Waals surface area contributed by atoms with Gasteiger partial charge in [-0.2, -0.15) is 5.26 Å². The van der Waals surface area contributed by atoms with Gasteiger partial charge in [-0.15, -0.1) is 0 Å². The average Bonchev–Trinajstić information content (AvgIpc) is 2.67. The van der Waals surface area contributed by atoms with E-state index in [4.69, 9.17) is 5.26 Å². The number of rotatable bonds is 2. The predicted molar refractivity (Wildman–Crippen MR) is 57.0 cm³/mol. The first-order valence-corrected chi connectivity index (χ1v) is 5.28. The highest BCUT2D eigenvalue weighted by Crippen LogP contribution is 2.16. The normalized spacial score (nSPS) is 20.9. The Morgan fingerprint density at radius 1 is 1.56 bits per heavy atom. The molecule has 1 unspecified atom stereocenters. The summed E-state index contributed by atoms with van der Waals surface area (Å²) in [5.41, 5.74) is 1.19. The molecule has 1 N–H and O–H groups in total. The minimum atomic E-state index is -0.387. The highest BCUT2D eigenvalue weighted by Gasteiger charge is 2.20. The number of benzene rings is 1. The molecular weight excluding hydrogens is 207 g/mol. The molecule has 0 spiro atoms. The lowest BCUT2D eigenvalue weighted by atomic mass is 10.1. The van der Waals surface area contributed by atoms with Gasteiger partial charge in [-0.3, -0.25) is 4.90 Å². The van der Waals surface area contributed by atoms with E-state index in [1.807, 2.05) is 6.07 Å². The number of β-amino-alcohol motifs (C(OH)–C–C–N with tert-alkyl or cyclic N) is 1. The van der Waals surface area contributed by atoms with Gasteiger partial charge in [-0.25, -0.2) is 4.39 Å². The molecule has 0 radical (unpaired) electrons. The Bertz CT molecular complexity index is 428. The second-order valence-electron chi connectivity index (χ2n) is 4.09. The first kappa shape index (κ1) is 11.1. The first-order valence-electron chi connectivity index (χ1n) is 5.28. The molecule has 84 valence electrons. The van der Waals surface area contributed by atoms with Crippen LogP contribution in [0.5, 0.6) is 0 Å². The summed E-state index contributed by atoms with van der Waals surface area (Å²) >= 11 is 0. The van der Waals surface area contributed by atoms with Crippen LogP contribution in [0, 0.1) is 17.1 Å². The molecule has 2 rings (SSSR count). The number of nitrogens with zero attached hydrogens (tertiary/aromatic N) is 2. The smallest absolute Gasteiger partial charge is 0.124 e. The zero-order chi connectivity index (χ0) is 11.5. The molecule has 0 saturated carbocycles. The van der Waals surface area contributed by atoms with E-state index in [2.05, 4.69) is 4.90 Å². The van der Waals surface area contributed by atoms with E-state index in [0.29, 0.717) is 18.7 Å². The van der Waals surface area contributed by atoms with E-state index >= 15 is 0 Å². The van der Waals surface area contributed by atoms with Crippen LogP contribution in [0.25, 0.3) is 0 Å². The van der Waals surface area contributed by atoms with Gasteiger partial charge in [0, 0.05) is 19.6 Å². The summed E-state index contributed by atoms with van der Waals surface area (Å²) < 4.78 is 12.9.